The summed E-state index contributed by atoms with van der Waals surface area (Å²) in [6.45, 7) is 3.07. The molecule has 1 heterocycles. The first kappa shape index (κ1) is 16.6. The number of amides is 1. The predicted molar refractivity (Wildman–Crippen MR) is 87.2 cm³/mol. The van der Waals surface area contributed by atoms with Crippen molar-refractivity contribution in [2.75, 3.05) is 0 Å². The Balaban J connectivity index is 2.27. The van der Waals surface area contributed by atoms with E-state index in [9.17, 15) is 18.3 Å². The molecule has 1 aliphatic heterocycles. The van der Waals surface area contributed by atoms with Crippen molar-refractivity contribution >= 4 is 16.2 Å². The van der Waals surface area contributed by atoms with E-state index in [0.717, 1.165) is 0 Å². The topological polar surface area (TPSA) is 83.9 Å². The highest BCUT2D eigenvalue weighted by atomic mass is 32.2. The molecule has 6 nitrogen and oxygen atoms in total. The highest BCUT2D eigenvalue weighted by molar-refractivity contribution is 7.85. The van der Waals surface area contributed by atoms with Crippen molar-refractivity contribution in [2.45, 2.75) is 25.7 Å². The molecule has 7 heteroatoms. The number of nitrogens with zero attached hydrogens (tertiary/aromatic N) is 1. The van der Waals surface area contributed by atoms with Gasteiger partial charge < -0.3 is 5.11 Å². The summed E-state index contributed by atoms with van der Waals surface area (Å²) in [4.78, 5) is 12.7. The lowest BCUT2D eigenvalue weighted by atomic mass is 9.95. The molecule has 1 atom stereocenters. The molecule has 0 spiro atoms. The van der Waals surface area contributed by atoms with Crippen LogP contribution < -0.4 is 0 Å². The molecule has 0 aliphatic carbocycles. The van der Waals surface area contributed by atoms with Crippen molar-refractivity contribution in [3.8, 4) is 0 Å². The van der Waals surface area contributed by atoms with E-state index >= 15 is 0 Å². The first-order valence-electron chi connectivity index (χ1n) is 7.44. The Hall–Kier alpha value is -2.22. The van der Waals surface area contributed by atoms with E-state index in [4.69, 9.17) is 4.18 Å². The fraction of sp³-hybridized carbons (Fsp3) is 0.235. The molecule has 3 rings (SSSR count). The molecule has 0 saturated heterocycles. The van der Waals surface area contributed by atoms with Crippen LogP contribution in [0.25, 0.3) is 0 Å². The molecule has 126 valence electrons. The van der Waals surface area contributed by atoms with Crippen molar-refractivity contribution in [1.29, 1.82) is 0 Å². The molecular weight excluding hydrogens is 330 g/mol. The normalized spacial score (nSPS) is 20.5. The van der Waals surface area contributed by atoms with E-state index < -0.39 is 28.0 Å². The third-order valence-corrected chi connectivity index (χ3v) is 5.23. The highest BCUT2D eigenvalue weighted by Crippen LogP contribution is 2.44. The molecule has 0 bridgehead atoms. The van der Waals surface area contributed by atoms with Crippen LogP contribution in [-0.2, 0) is 20.2 Å². The maximum absolute atomic E-state index is 12.7. The van der Waals surface area contributed by atoms with Gasteiger partial charge in [0, 0.05) is 16.7 Å². The van der Waals surface area contributed by atoms with Crippen LogP contribution in [0.15, 0.2) is 54.6 Å². The lowest BCUT2D eigenvalue weighted by Gasteiger charge is -2.33. The van der Waals surface area contributed by atoms with Gasteiger partial charge in [-0.1, -0.05) is 48.5 Å². The summed E-state index contributed by atoms with van der Waals surface area (Å²) < 4.78 is 30.6. The fourth-order valence-corrected chi connectivity index (χ4v) is 4.23. The van der Waals surface area contributed by atoms with Gasteiger partial charge in [-0.3, -0.25) is 8.98 Å². The molecule has 1 aliphatic rings. The molecule has 1 N–H and O–H groups in total. The van der Waals surface area contributed by atoms with Gasteiger partial charge in [-0.15, -0.1) is 0 Å². The number of hydrogen-bond donors (Lipinski definition) is 1. The molecule has 0 saturated carbocycles. The second-order valence-corrected chi connectivity index (χ2v) is 7.17. The van der Waals surface area contributed by atoms with Gasteiger partial charge in [0.1, 0.15) is 0 Å². The summed E-state index contributed by atoms with van der Waals surface area (Å²) in [6.07, 6.45) is -0.675. The number of rotatable bonds is 4. The Morgan fingerprint density at radius 3 is 2.25 bits per heavy atom. The van der Waals surface area contributed by atoms with Gasteiger partial charge in [-0.2, -0.15) is 12.7 Å². The summed E-state index contributed by atoms with van der Waals surface area (Å²) >= 11 is 0. The van der Waals surface area contributed by atoms with Crippen LogP contribution in [0.3, 0.4) is 0 Å². The molecule has 2 aromatic carbocycles. The maximum atomic E-state index is 12.7. The molecule has 1 amide bonds. The van der Waals surface area contributed by atoms with Crippen LogP contribution in [0, 0.1) is 0 Å². The predicted octanol–water partition coefficient (Wildman–Crippen LogP) is 2.01. The fourth-order valence-electron chi connectivity index (χ4n) is 2.83. The summed E-state index contributed by atoms with van der Waals surface area (Å²) in [7, 11) is -4.50. The Labute approximate surface area is 140 Å². The van der Waals surface area contributed by atoms with Crippen LogP contribution in [-0.4, -0.2) is 29.8 Å². The number of benzene rings is 2. The quantitative estimate of drug-likeness (QED) is 0.914. The van der Waals surface area contributed by atoms with Gasteiger partial charge in [0.25, 0.3) is 5.91 Å². The molecule has 0 fully saturated rings. The first-order chi connectivity index (χ1) is 11.3. The highest BCUT2D eigenvalue weighted by Gasteiger charge is 2.56. The monoisotopic (exact) mass is 347 g/mol. The second-order valence-electron chi connectivity index (χ2n) is 5.76. The molecular formula is C17H17NO5S. The Morgan fingerprint density at radius 2 is 1.62 bits per heavy atom. The number of hydrogen-bond acceptors (Lipinski definition) is 5. The van der Waals surface area contributed by atoms with Crippen LogP contribution in [0.2, 0.25) is 0 Å². The summed E-state index contributed by atoms with van der Waals surface area (Å²) in [5, 5.41) is 11.3. The molecule has 1 unspecified atom stereocenters. The Morgan fingerprint density at radius 1 is 1.04 bits per heavy atom. The van der Waals surface area contributed by atoms with Crippen molar-refractivity contribution in [3.63, 3.8) is 0 Å². The SMILES string of the molecule is CC(C)OS(=O)(=O)N1C(=O)c2ccccc2C1(O)c1ccccc1. The summed E-state index contributed by atoms with van der Waals surface area (Å²) in [6, 6.07) is 14.4. The van der Waals surface area contributed by atoms with Gasteiger partial charge in [0.15, 0.2) is 0 Å². The van der Waals surface area contributed by atoms with E-state index in [1.807, 2.05) is 0 Å². The Kier molecular flexibility index (Phi) is 3.95. The zero-order chi connectivity index (χ0) is 17.5. The summed E-state index contributed by atoms with van der Waals surface area (Å²) in [5.41, 5.74) is -1.56. The summed E-state index contributed by atoms with van der Waals surface area (Å²) in [5.74, 6) is -0.822. The third kappa shape index (κ3) is 2.41. The van der Waals surface area contributed by atoms with Gasteiger partial charge in [0.05, 0.1) is 6.10 Å². The van der Waals surface area contributed by atoms with Crippen LogP contribution >= 0.6 is 0 Å². The van der Waals surface area contributed by atoms with Crippen LogP contribution in [0.1, 0.15) is 35.3 Å². The van der Waals surface area contributed by atoms with Crippen molar-refractivity contribution in [1.82, 2.24) is 4.31 Å². The number of fused-ring (bicyclic) bond motifs is 1. The average Bonchev–Trinajstić information content (AvgIpc) is 2.77. The van der Waals surface area contributed by atoms with E-state index in [-0.39, 0.29) is 16.7 Å². The van der Waals surface area contributed by atoms with Crippen molar-refractivity contribution in [2.24, 2.45) is 0 Å². The molecule has 2 aromatic rings. The van der Waals surface area contributed by atoms with E-state index in [0.29, 0.717) is 4.31 Å². The van der Waals surface area contributed by atoms with Gasteiger partial charge in [-0.05, 0) is 19.9 Å². The average molecular weight is 347 g/mol. The number of aliphatic hydroxyl groups is 1. The maximum Gasteiger partial charge on any atom is 0.368 e. The van der Waals surface area contributed by atoms with Crippen molar-refractivity contribution in [3.05, 3.63) is 71.3 Å². The minimum absolute atomic E-state index is 0.125. The minimum atomic E-state index is -4.50. The Bertz CT molecular complexity index is 879. The molecule has 0 radical (unpaired) electrons. The van der Waals surface area contributed by atoms with E-state index in [2.05, 4.69) is 0 Å². The van der Waals surface area contributed by atoms with Gasteiger partial charge in [0.2, 0.25) is 5.72 Å². The zero-order valence-electron chi connectivity index (χ0n) is 13.2. The minimum Gasteiger partial charge on any atom is -0.362 e. The van der Waals surface area contributed by atoms with Gasteiger partial charge in [-0.25, -0.2) is 0 Å². The van der Waals surface area contributed by atoms with Crippen molar-refractivity contribution < 1.29 is 22.5 Å². The van der Waals surface area contributed by atoms with E-state index in [1.165, 1.54) is 26.0 Å². The number of carbonyl (C=O) groups excluding carboxylic acids is 1. The first-order valence-corrected chi connectivity index (χ1v) is 8.80. The molecule has 0 aromatic heterocycles. The second kappa shape index (κ2) is 5.70. The van der Waals surface area contributed by atoms with Gasteiger partial charge >= 0.3 is 10.3 Å². The largest absolute Gasteiger partial charge is 0.368 e. The lowest BCUT2D eigenvalue weighted by Crippen LogP contribution is -2.49. The standard InChI is InChI=1S/C17H17NO5S/c1-12(2)23-24(21,22)18-16(19)14-10-6-7-11-15(14)17(18,20)13-8-4-3-5-9-13/h3-12,20H,1-2H3. The zero-order valence-corrected chi connectivity index (χ0v) is 14.0. The smallest absolute Gasteiger partial charge is 0.362 e. The lowest BCUT2D eigenvalue weighted by molar-refractivity contribution is -0.0142. The van der Waals surface area contributed by atoms with Crippen LogP contribution in [0.5, 0.6) is 0 Å². The third-order valence-electron chi connectivity index (χ3n) is 3.73. The molecule has 24 heavy (non-hydrogen) atoms. The van der Waals surface area contributed by atoms with E-state index in [1.54, 1.807) is 42.5 Å². The number of carbonyl (C=O) groups is 1. The van der Waals surface area contributed by atoms with Crippen LogP contribution in [0.4, 0.5) is 0 Å².